The fraction of sp³-hybridized carbons (Fsp3) is 0.955. The van der Waals surface area contributed by atoms with Gasteiger partial charge in [0.25, 0.3) is 0 Å². The number of aliphatic hydroxyl groups is 4. The van der Waals surface area contributed by atoms with E-state index in [9.17, 15) is 20.1 Å². The molecule has 0 saturated heterocycles. The van der Waals surface area contributed by atoms with E-state index in [4.69, 9.17) is 19.7 Å². The van der Waals surface area contributed by atoms with Crippen LogP contribution in [-0.2, 0) is 14.3 Å². The van der Waals surface area contributed by atoms with Crippen LogP contribution in [0.2, 0.25) is 0 Å². The zero-order valence-corrected chi connectivity index (χ0v) is 18.6. The molecule has 0 amide bonds. The highest BCUT2D eigenvalue weighted by molar-refractivity contribution is 5.73. The highest BCUT2D eigenvalue weighted by Crippen LogP contribution is 2.17. The second-order valence-electron chi connectivity index (χ2n) is 7.96. The van der Waals surface area contributed by atoms with Gasteiger partial charge in [0.15, 0.2) is 6.10 Å². The summed E-state index contributed by atoms with van der Waals surface area (Å²) in [6.07, 6.45) is 8.96. The van der Waals surface area contributed by atoms with Crippen LogP contribution in [0.4, 0.5) is 0 Å². The minimum atomic E-state index is -1.32. The van der Waals surface area contributed by atoms with Crippen LogP contribution in [0, 0.1) is 0 Å². The molecule has 8 nitrogen and oxygen atoms in total. The lowest BCUT2D eigenvalue weighted by Gasteiger charge is -2.26. The molecule has 4 unspecified atom stereocenters. The van der Waals surface area contributed by atoms with Crippen LogP contribution >= 0.6 is 0 Å². The quantitative estimate of drug-likeness (QED) is 0.163. The highest BCUT2D eigenvalue weighted by atomic mass is 16.6. The predicted octanol–water partition coefficient (Wildman–Crippen LogP) is 2.25. The average molecular weight is 437 g/mol. The molecule has 0 aromatic rings. The van der Waals surface area contributed by atoms with Gasteiger partial charge < -0.3 is 35.0 Å². The Morgan fingerprint density at radius 3 is 1.60 bits per heavy atom. The van der Waals surface area contributed by atoms with Gasteiger partial charge in [-0.3, -0.25) is 0 Å². The monoisotopic (exact) mass is 436 g/mol. The van der Waals surface area contributed by atoms with Gasteiger partial charge in [0.05, 0.1) is 32.5 Å². The van der Waals surface area contributed by atoms with Crippen molar-refractivity contribution in [2.45, 2.75) is 108 Å². The molecule has 0 aliphatic carbocycles. The third kappa shape index (κ3) is 16.0. The molecule has 0 heterocycles. The SMILES string of the molecule is CCCCCCCCCCCCCC(OCC(O)CO)C(OCC(O)CO)C(=O)O. The Hall–Kier alpha value is -0.770. The first-order valence-corrected chi connectivity index (χ1v) is 11.5. The number of carbonyl (C=O) groups is 1. The molecule has 0 fully saturated rings. The van der Waals surface area contributed by atoms with Crippen LogP contribution in [0.1, 0.15) is 84.0 Å². The Labute approximate surface area is 181 Å². The van der Waals surface area contributed by atoms with Gasteiger partial charge in [-0.05, 0) is 6.42 Å². The zero-order chi connectivity index (χ0) is 22.6. The van der Waals surface area contributed by atoms with Gasteiger partial charge in [-0.1, -0.05) is 77.6 Å². The largest absolute Gasteiger partial charge is 0.479 e. The molecule has 5 N–H and O–H groups in total. The summed E-state index contributed by atoms with van der Waals surface area (Å²) < 4.78 is 10.8. The maximum absolute atomic E-state index is 11.6. The normalized spacial score (nSPS) is 15.6. The van der Waals surface area contributed by atoms with E-state index in [-0.39, 0.29) is 13.2 Å². The van der Waals surface area contributed by atoms with Gasteiger partial charge in [-0.15, -0.1) is 0 Å². The Balaban J connectivity index is 4.28. The minimum absolute atomic E-state index is 0.200. The molecule has 0 saturated carbocycles. The first-order valence-electron chi connectivity index (χ1n) is 11.5. The molecule has 0 aromatic heterocycles. The van der Waals surface area contributed by atoms with Gasteiger partial charge in [-0.2, -0.15) is 0 Å². The van der Waals surface area contributed by atoms with E-state index in [1.165, 1.54) is 44.9 Å². The minimum Gasteiger partial charge on any atom is -0.479 e. The van der Waals surface area contributed by atoms with Gasteiger partial charge in [0, 0.05) is 0 Å². The average Bonchev–Trinajstić information content (AvgIpc) is 2.74. The second kappa shape index (κ2) is 20.2. The third-order valence-corrected chi connectivity index (χ3v) is 5.07. The third-order valence-electron chi connectivity index (χ3n) is 5.07. The van der Waals surface area contributed by atoms with Gasteiger partial charge in [0.2, 0.25) is 0 Å². The Morgan fingerprint density at radius 1 is 0.733 bits per heavy atom. The molecular weight excluding hydrogens is 392 g/mol. The van der Waals surface area contributed by atoms with Crippen molar-refractivity contribution in [2.75, 3.05) is 26.4 Å². The van der Waals surface area contributed by atoms with Crippen LogP contribution < -0.4 is 0 Å². The van der Waals surface area contributed by atoms with Crippen molar-refractivity contribution in [2.24, 2.45) is 0 Å². The molecule has 30 heavy (non-hydrogen) atoms. The van der Waals surface area contributed by atoms with E-state index in [0.29, 0.717) is 6.42 Å². The number of hydrogen-bond donors (Lipinski definition) is 5. The highest BCUT2D eigenvalue weighted by Gasteiger charge is 2.30. The summed E-state index contributed by atoms with van der Waals surface area (Å²) in [6.45, 7) is 0.684. The first-order chi connectivity index (χ1) is 14.5. The lowest BCUT2D eigenvalue weighted by molar-refractivity contribution is -0.169. The Kier molecular flexibility index (Phi) is 19.6. The van der Waals surface area contributed by atoms with Crippen molar-refractivity contribution in [1.82, 2.24) is 0 Å². The molecule has 0 spiro atoms. The molecule has 8 heteroatoms. The molecule has 0 aliphatic rings. The van der Waals surface area contributed by atoms with E-state index < -0.39 is 43.6 Å². The van der Waals surface area contributed by atoms with Crippen LogP contribution in [0.3, 0.4) is 0 Å². The van der Waals surface area contributed by atoms with Crippen molar-refractivity contribution in [3.8, 4) is 0 Å². The standard InChI is InChI=1S/C22H44O8/c1-2-3-4-5-6-7-8-9-10-11-12-13-20(29-16-18(25)14-23)21(22(27)28)30-17-19(26)15-24/h18-21,23-26H,2-17H2,1H3,(H,27,28). The van der Waals surface area contributed by atoms with Crippen LogP contribution in [0.5, 0.6) is 0 Å². The topological polar surface area (TPSA) is 137 Å². The van der Waals surface area contributed by atoms with E-state index in [0.717, 1.165) is 25.7 Å². The summed E-state index contributed by atoms with van der Waals surface area (Å²) in [7, 11) is 0. The summed E-state index contributed by atoms with van der Waals surface area (Å²) in [5, 5.41) is 46.2. The number of unbranched alkanes of at least 4 members (excludes halogenated alkanes) is 10. The number of aliphatic hydroxyl groups excluding tert-OH is 4. The summed E-state index contributed by atoms with van der Waals surface area (Å²) in [5.74, 6) is -1.23. The molecule has 4 atom stereocenters. The molecule has 0 radical (unpaired) electrons. The fourth-order valence-corrected chi connectivity index (χ4v) is 3.22. The van der Waals surface area contributed by atoms with Crippen molar-refractivity contribution >= 4 is 5.97 Å². The number of ether oxygens (including phenoxy) is 2. The summed E-state index contributed by atoms with van der Waals surface area (Å²) >= 11 is 0. The summed E-state index contributed by atoms with van der Waals surface area (Å²) in [4.78, 5) is 11.6. The summed E-state index contributed by atoms with van der Waals surface area (Å²) in [6, 6.07) is 0. The lowest BCUT2D eigenvalue weighted by atomic mass is 10.0. The molecule has 0 aliphatic heterocycles. The maximum atomic E-state index is 11.6. The summed E-state index contributed by atoms with van der Waals surface area (Å²) in [5.41, 5.74) is 0. The molecular formula is C22H44O8. The first kappa shape index (κ1) is 29.2. The smallest absolute Gasteiger partial charge is 0.335 e. The Morgan fingerprint density at radius 2 is 1.17 bits per heavy atom. The predicted molar refractivity (Wildman–Crippen MR) is 114 cm³/mol. The van der Waals surface area contributed by atoms with Crippen molar-refractivity contribution in [3.05, 3.63) is 0 Å². The van der Waals surface area contributed by atoms with Crippen molar-refractivity contribution in [1.29, 1.82) is 0 Å². The van der Waals surface area contributed by atoms with E-state index in [1.807, 2.05) is 0 Å². The molecule has 0 bridgehead atoms. The maximum Gasteiger partial charge on any atom is 0.335 e. The van der Waals surface area contributed by atoms with Crippen molar-refractivity contribution < 1.29 is 39.8 Å². The number of rotatable bonds is 22. The van der Waals surface area contributed by atoms with Crippen molar-refractivity contribution in [3.63, 3.8) is 0 Å². The fourth-order valence-electron chi connectivity index (χ4n) is 3.22. The van der Waals surface area contributed by atoms with E-state index >= 15 is 0 Å². The Bertz CT molecular complexity index is 393. The van der Waals surface area contributed by atoms with Gasteiger partial charge in [0.1, 0.15) is 12.2 Å². The number of hydrogen-bond acceptors (Lipinski definition) is 7. The number of carboxylic acids is 1. The van der Waals surface area contributed by atoms with Gasteiger partial charge >= 0.3 is 5.97 Å². The van der Waals surface area contributed by atoms with E-state index in [2.05, 4.69) is 6.92 Å². The second-order valence-corrected chi connectivity index (χ2v) is 7.96. The van der Waals surface area contributed by atoms with Gasteiger partial charge in [-0.25, -0.2) is 4.79 Å². The lowest BCUT2D eigenvalue weighted by Crippen LogP contribution is -2.42. The molecule has 180 valence electrons. The van der Waals surface area contributed by atoms with Crippen LogP contribution in [0.15, 0.2) is 0 Å². The zero-order valence-electron chi connectivity index (χ0n) is 18.6. The molecule has 0 aromatic carbocycles. The molecule has 0 rings (SSSR count). The van der Waals surface area contributed by atoms with E-state index in [1.54, 1.807) is 0 Å². The number of carboxylic acid groups (broad SMARTS) is 1. The van der Waals surface area contributed by atoms with Crippen LogP contribution in [0.25, 0.3) is 0 Å². The number of aliphatic carboxylic acids is 1. The van der Waals surface area contributed by atoms with Crippen LogP contribution in [-0.4, -0.2) is 82.3 Å².